The molecule has 0 atom stereocenters. The van der Waals surface area contributed by atoms with Gasteiger partial charge in [0.2, 0.25) is 5.91 Å². The molecule has 2 N–H and O–H groups in total. The number of aromatic nitrogens is 2. The van der Waals surface area contributed by atoms with Crippen molar-refractivity contribution in [3.63, 3.8) is 0 Å². The quantitative estimate of drug-likeness (QED) is 0.877. The highest BCUT2D eigenvalue weighted by molar-refractivity contribution is 6.03. The van der Waals surface area contributed by atoms with Crippen LogP contribution in [-0.4, -0.2) is 28.6 Å². The molecule has 1 aliphatic rings. The number of rotatable bonds is 5. The first-order valence-corrected chi connectivity index (χ1v) is 8.08. The highest BCUT2D eigenvalue weighted by atomic mass is 16.2. The topological polar surface area (TPSA) is 76.0 Å². The van der Waals surface area contributed by atoms with Crippen molar-refractivity contribution in [3.8, 4) is 0 Å². The van der Waals surface area contributed by atoms with E-state index in [-0.39, 0.29) is 11.8 Å². The lowest BCUT2D eigenvalue weighted by molar-refractivity contribution is -0.116. The molecular weight excluding hydrogens is 280 g/mol. The molecule has 1 aromatic rings. The summed E-state index contributed by atoms with van der Waals surface area (Å²) in [7, 11) is 3.27. The maximum atomic E-state index is 12.2. The Labute approximate surface area is 131 Å². The zero-order valence-corrected chi connectivity index (χ0v) is 13.7. The van der Waals surface area contributed by atoms with Crippen LogP contribution in [0, 0.1) is 12.8 Å². The average Bonchev–Trinajstić information content (AvgIpc) is 2.79. The van der Waals surface area contributed by atoms with Gasteiger partial charge in [0.25, 0.3) is 5.91 Å². The fourth-order valence-corrected chi connectivity index (χ4v) is 3.20. The first-order chi connectivity index (χ1) is 10.5. The third-order valence-electron chi connectivity index (χ3n) is 4.43. The Morgan fingerprint density at radius 1 is 1.27 bits per heavy atom. The minimum Gasteiger partial charge on any atom is -0.354 e. The molecule has 6 heteroatoms. The first-order valence-electron chi connectivity index (χ1n) is 8.08. The number of nitrogens with zero attached hydrogens (tertiary/aromatic N) is 2. The summed E-state index contributed by atoms with van der Waals surface area (Å²) in [6.45, 7) is 1.79. The molecular formula is C16H26N4O2. The highest BCUT2D eigenvalue weighted by Crippen LogP contribution is 2.27. The van der Waals surface area contributed by atoms with Crippen molar-refractivity contribution in [1.29, 1.82) is 0 Å². The van der Waals surface area contributed by atoms with E-state index >= 15 is 0 Å². The van der Waals surface area contributed by atoms with Crippen LogP contribution in [0.15, 0.2) is 0 Å². The van der Waals surface area contributed by atoms with Gasteiger partial charge < -0.3 is 10.6 Å². The molecule has 2 amide bonds. The molecule has 1 fully saturated rings. The Balaban J connectivity index is 1.97. The third-order valence-corrected chi connectivity index (χ3v) is 4.43. The summed E-state index contributed by atoms with van der Waals surface area (Å²) in [5.74, 6) is 0.394. The predicted octanol–water partition coefficient (Wildman–Crippen LogP) is 2.39. The van der Waals surface area contributed by atoms with Crippen molar-refractivity contribution >= 4 is 17.5 Å². The van der Waals surface area contributed by atoms with Crippen molar-refractivity contribution in [2.45, 2.75) is 51.9 Å². The summed E-state index contributed by atoms with van der Waals surface area (Å²) in [5.41, 5.74) is 1.58. The molecule has 22 heavy (non-hydrogen) atoms. The lowest BCUT2D eigenvalue weighted by Gasteiger charge is -2.21. The van der Waals surface area contributed by atoms with Gasteiger partial charge in [-0.25, -0.2) is 0 Å². The summed E-state index contributed by atoms with van der Waals surface area (Å²) in [5, 5.41) is 9.68. The van der Waals surface area contributed by atoms with Crippen LogP contribution < -0.4 is 10.6 Å². The molecule has 1 heterocycles. The predicted molar refractivity (Wildman–Crippen MR) is 85.8 cm³/mol. The van der Waals surface area contributed by atoms with E-state index in [1.165, 1.54) is 36.8 Å². The Hall–Kier alpha value is -1.85. The van der Waals surface area contributed by atoms with Crippen LogP contribution in [0.1, 0.15) is 61.1 Å². The molecule has 0 saturated heterocycles. The van der Waals surface area contributed by atoms with Crippen molar-refractivity contribution in [2.24, 2.45) is 13.0 Å². The lowest BCUT2D eigenvalue weighted by atomic mass is 9.86. The van der Waals surface area contributed by atoms with Gasteiger partial charge in [0, 0.05) is 20.5 Å². The summed E-state index contributed by atoms with van der Waals surface area (Å²) in [4.78, 5) is 24.1. The van der Waals surface area contributed by atoms with E-state index in [1.807, 2.05) is 0 Å². The van der Waals surface area contributed by atoms with Gasteiger partial charge in [-0.15, -0.1) is 0 Å². The molecule has 6 nitrogen and oxygen atoms in total. The van der Waals surface area contributed by atoms with Crippen LogP contribution in [0.5, 0.6) is 0 Å². The third kappa shape index (κ3) is 3.87. The van der Waals surface area contributed by atoms with E-state index in [0.717, 1.165) is 6.42 Å². The fraction of sp³-hybridized carbons (Fsp3) is 0.688. The second kappa shape index (κ2) is 7.42. The number of hydrogen-bond donors (Lipinski definition) is 2. The second-order valence-corrected chi connectivity index (χ2v) is 6.10. The fourth-order valence-electron chi connectivity index (χ4n) is 3.20. The van der Waals surface area contributed by atoms with Crippen molar-refractivity contribution < 1.29 is 9.59 Å². The van der Waals surface area contributed by atoms with Crippen LogP contribution in [0.3, 0.4) is 0 Å². The normalized spacial score (nSPS) is 15.6. The van der Waals surface area contributed by atoms with Gasteiger partial charge in [-0.1, -0.05) is 32.1 Å². The van der Waals surface area contributed by atoms with E-state index in [9.17, 15) is 9.59 Å². The van der Waals surface area contributed by atoms with Gasteiger partial charge in [0.05, 0.1) is 11.4 Å². The van der Waals surface area contributed by atoms with E-state index < -0.39 is 0 Å². The number of hydrogen-bond acceptors (Lipinski definition) is 3. The lowest BCUT2D eigenvalue weighted by Crippen LogP contribution is -2.24. The van der Waals surface area contributed by atoms with Gasteiger partial charge in [0.1, 0.15) is 5.69 Å². The molecule has 1 aliphatic carbocycles. The molecule has 1 saturated carbocycles. The van der Waals surface area contributed by atoms with Gasteiger partial charge in [-0.05, 0) is 19.3 Å². The number of nitrogens with one attached hydrogen (secondary N) is 2. The Bertz CT molecular complexity index is 545. The van der Waals surface area contributed by atoms with Gasteiger partial charge in [-0.2, -0.15) is 5.10 Å². The smallest absolute Gasteiger partial charge is 0.271 e. The number of carbonyl (C=O) groups is 2. The number of anilines is 1. The van der Waals surface area contributed by atoms with Gasteiger partial charge in [0.15, 0.2) is 0 Å². The minimum absolute atomic E-state index is 0.0353. The average molecular weight is 306 g/mol. The Kier molecular flexibility index (Phi) is 5.57. The molecule has 2 rings (SSSR count). The Morgan fingerprint density at radius 3 is 2.59 bits per heavy atom. The summed E-state index contributed by atoms with van der Waals surface area (Å²) < 4.78 is 1.50. The van der Waals surface area contributed by atoms with Gasteiger partial charge >= 0.3 is 0 Å². The Morgan fingerprint density at radius 2 is 1.95 bits per heavy atom. The molecule has 0 spiro atoms. The minimum atomic E-state index is -0.245. The zero-order valence-electron chi connectivity index (χ0n) is 13.7. The molecule has 1 aromatic heterocycles. The van der Waals surface area contributed by atoms with Crippen LogP contribution in [0.4, 0.5) is 5.69 Å². The molecule has 0 radical (unpaired) electrons. The van der Waals surface area contributed by atoms with E-state index in [0.29, 0.717) is 29.4 Å². The number of amides is 2. The number of aryl methyl sites for hydroxylation is 2. The SMILES string of the molecule is CNC(=O)c1c(NC(=O)CCC2CCCCC2)c(C)nn1C. The number of carbonyl (C=O) groups excluding carboxylic acids is 2. The largest absolute Gasteiger partial charge is 0.354 e. The van der Waals surface area contributed by atoms with Gasteiger partial charge in [-0.3, -0.25) is 14.3 Å². The molecule has 0 unspecified atom stereocenters. The van der Waals surface area contributed by atoms with Crippen LogP contribution >= 0.6 is 0 Å². The monoisotopic (exact) mass is 306 g/mol. The van der Waals surface area contributed by atoms with Crippen molar-refractivity contribution in [3.05, 3.63) is 11.4 Å². The molecule has 0 aromatic carbocycles. The van der Waals surface area contributed by atoms with Crippen LogP contribution in [0.25, 0.3) is 0 Å². The highest BCUT2D eigenvalue weighted by Gasteiger charge is 2.21. The standard InChI is InChI=1S/C16H26N4O2/c1-11-14(15(16(22)17-2)20(3)19-11)18-13(21)10-9-12-7-5-4-6-8-12/h12H,4-10H2,1-3H3,(H,17,22)(H,18,21). The maximum Gasteiger partial charge on any atom is 0.271 e. The maximum absolute atomic E-state index is 12.2. The van der Waals surface area contributed by atoms with E-state index in [1.54, 1.807) is 21.0 Å². The van der Waals surface area contributed by atoms with Crippen LogP contribution in [0.2, 0.25) is 0 Å². The zero-order chi connectivity index (χ0) is 16.1. The first kappa shape index (κ1) is 16.5. The second-order valence-electron chi connectivity index (χ2n) is 6.10. The van der Waals surface area contributed by atoms with Crippen LogP contribution in [-0.2, 0) is 11.8 Å². The van der Waals surface area contributed by atoms with Crippen molar-refractivity contribution in [2.75, 3.05) is 12.4 Å². The van der Waals surface area contributed by atoms with Crippen molar-refractivity contribution in [1.82, 2.24) is 15.1 Å². The molecule has 122 valence electrons. The summed E-state index contributed by atoms with van der Waals surface area (Å²) in [6, 6.07) is 0. The van der Waals surface area contributed by atoms with E-state index in [4.69, 9.17) is 0 Å². The molecule has 0 aliphatic heterocycles. The summed E-state index contributed by atoms with van der Waals surface area (Å²) >= 11 is 0. The summed E-state index contributed by atoms with van der Waals surface area (Å²) in [6.07, 6.45) is 7.81. The molecule has 0 bridgehead atoms. The van der Waals surface area contributed by atoms with E-state index in [2.05, 4.69) is 15.7 Å².